The van der Waals surface area contributed by atoms with Crippen molar-refractivity contribution in [2.45, 2.75) is 30.2 Å². The summed E-state index contributed by atoms with van der Waals surface area (Å²) in [6, 6.07) is 17.8. The summed E-state index contributed by atoms with van der Waals surface area (Å²) in [5, 5.41) is 11.0. The van der Waals surface area contributed by atoms with E-state index in [1.807, 2.05) is 68.6 Å². The molecule has 0 fully saturated rings. The number of thioether (sulfide) groups is 2. The monoisotopic (exact) mass is 498 g/mol. The van der Waals surface area contributed by atoms with Gasteiger partial charge in [0.05, 0.1) is 22.6 Å². The van der Waals surface area contributed by atoms with Gasteiger partial charge in [-0.1, -0.05) is 41.7 Å². The van der Waals surface area contributed by atoms with Crippen LogP contribution >= 0.6 is 23.5 Å². The Labute approximate surface area is 210 Å². The van der Waals surface area contributed by atoms with Crippen molar-refractivity contribution in [1.82, 2.24) is 29.3 Å². The van der Waals surface area contributed by atoms with Crippen LogP contribution in [0.1, 0.15) is 17.2 Å². The van der Waals surface area contributed by atoms with Crippen LogP contribution in [0.5, 0.6) is 0 Å². The second-order valence-corrected chi connectivity index (χ2v) is 10.6. The fourth-order valence-electron chi connectivity index (χ4n) is 4.45. The minimum absolute atomic E-state index is 0.0510. The average Bonchev–Trinajstić information content (AvgIpc) is 3.45. The Kier molecular flexibility index (Phi) is 5.66. The third kappa shape index (κ3) is 4.04. The molecule has 174 valence electrons. The Bertz CT molecular complexity index is 1590. The molecule has 2 aromatic carbocycles. The molecule has 7 nitrogen and oxygen atoms in total. The van der Waals surface area contributed by atoms with E-state index in [0.29, 0.717) is 16.1 Å². The second kappa shape index (κ2) is 8.98. The van der Waals surface area contributed by atoms with E-state index in [2.05, 4.69) is 25.8 Å². The normalized spacial score (nSPS) is 15.0. The molecule has 0 amide bonds. The first-order valence-corrected chi connectivity index (χ1v) is 13.3. The zero-order valence-corrected chi connectivity index (χ0v) is 20.9. The highest BCUT2D eigenvalue weighted by molar-refractivity contribution is 8.00. The molecular weight excluding hydrogens is 476 g/mol. The molecule has 35 heavy (non-hydrogen) atoms. The molecule has 0 spiro atoms. The van der Waals surface area contributed by atoms with Gasteiger partial charge in [-0.3, -0.25) is 18.9 Å². The SMILES string of the molecule is Cc1cc(C)cc(-n2c(SCC3CSc4nnc(-c5cccnc5)n43)nc3ccccc3c2=O)c1. The van der Waals surface area contributed by atoms with Crippen molar-refractivity contribution in [1.29, 1.82) is 0 Å². The molecule has 3 aromatic heterocycles. The topological polar surface area (TPSA) is 78.5 Å². The number of hydrogen-bond acceptors (Lipinski definition) is 7. The summed E-state index contributed by atoms with van der Waals surface area (Å²) in [6.07, 6.45) is 3.57. The van der Waals surface area contributed by atoms with Gasteiger partial charge in [0.15, 0.2) is 16.1 Å². The maximum absolute atomic E-state index is 13.6. The molecule has 9 heteroatoms. The van der Waals surface area contributed by atoms with Crippen molar-refractivity contribution in [3.8, 4) is 17.1 Å². The number of aromatic nitrogens is 6. The van der Waals surface area contributed by atoms with Crippen molar-refractivity contribution < 1.29 is 0 Å². The summed E-state index contributed by atoms with van der Waals surface area (Å²) in [7, 11) is 0. The van der Waals surface area contributed by atoms with Gasteiger partial charge in [0.25, 0.3) is 5.56 Å². The smallest absolute Gasteiger partial charge is 0.266 e. The third-order valence-corrected chi connectivity index (χ3v) is 8.14. The first-order chi connectivity index (χ1) is 17.1. The molecule has 0 bridgehead atoms. The summed E-state index contributed by atoms with van der Waals surface area (Å²) < 4.78 is 3.94. The third-order valence-electron chi connectivity index (χ3n) is 5.97. The van der Waals surface area contributed by atoms with Gasteiger partial charge in [0.1, 0.15) is 0 Å². The molecule has 1 aliphatic heterocycles. The molecule has 1 aliphatic rings. The van der Waals surface area contributed by atoms with E-state index in [4.69, 9.17) is 4.98 Å². The van der Waals surface area contributed by atoms with E-state index >= 15 is 0 Å². The molecule has 1 unspecified atom stereocenters. The highest BCUT2D eigenvalue weighted by Gasteiger charge is 2.29. The largest absolute Gasteiger partial charge is 0.297 e. The van der Waals surface area contributed by atoms with Gasteiger partial charge in [0.2, 0.25) is 0 Å². The molecule has 5 aromatic rings. The van der Waals surface area contributed by atoms with Crippen molar-refractivity contribution in [3.05, 3.63) is 88.5 Å². The van der Waals surface area contributed by atoms with E-state index in [9.17, 15) is 4.79 Å². The second-order valence-electron chi connectivity index (χ2n) is 8.59. The van der Waals surface area contributed by atoms with Gasteiger partial charge >= 0.3 is 0 Å². The van der Waals surface area contributed by atoms with Crippen molar-refractivity contribution in [3.63, 3.8) is 0 Å². The van der Waals surface area contributed by atoms with Gasteiger partial charge in [0, 0.05) is 29.5 Å². The lowest BCUT2D eigenvalue weighted by Gasteiger charge is -2.17. The average molecular weight is 499 g/mol. The molecule has 1 atom stereocenters. The van der Waals surface area contributed by atoms with Gasteiger partial charge in [-0.05, 0) is 61.4 Å². The molecule has 0 N–H and O–H groups in total. The lowest BCUT2D eigenvalue weighted by molar-refractivity contribution is 0.596. The molecule has 6 rings (SSSR count). The Hall–Kier alpha value is -3.43. The van der Waals surface area contributed by atoms with Crippen LogP contribution in [0, 0.1) is 13.8 Å². The standard InChI is InChI=1S/C26H22N6OS2/c1-16-10-17(2)12-19(11-16)32-24(33)21-7-3-4-8-22(21)28-25(32)34-14-20-15-35-26-30-29-23(31(20)26)18-6-5-9-27-13-18/h3-13,20H,14-15H2,1-2H3. The number of pyridine rings is 1. The molecule has 4 heterocycles. The number of hydrogen-bond donors (Lipinski definition) is 0. The number of rotatable bonds is 5. The minimum Gasteiger partial charge on any atom is -0.297 e. The van der Waals surface area contributed by atoms with Crippen molar-refractivity contribution in [2.75, 3.05) is 11.5 Å². The summed E-state index contributed by atoms with van der Waals surface area (Å²) >= 11 is 3.30. The van der Waals surface area contributed by atoms with Gasteiger partial charge < -0.3 is 0 Å². The van der Waals surface area contributed by atoms with Crippen LogP contribution in [0.4, 0.5) is 0 Å². The molecule has 0 aliphatic carbocycles. The predicted molar refractivity (Wildman–Crippen MR) is 141 cm³/mol. The minimum atomic E-state index is -0.0510. The van der Waals surface area contributed by atoms with Crippen LogP contribution in [0.25, 0.3) is 28.0 Å². The summed E-state index contributed by atoms with van der Waals surface area (Å²) in [5.41, 5.74) is 4.67. The van der Waals surface area contributed by atoms with Crippen LogP contribution < -0.4 is 5.56 Å². The van der Waals surface area contributed by atoms with Crippen LogP contribution in [-0.2, 0) is 0 Å². The first-order valence-electron chi connectivity index (χ1n) is 11.3. The molecule has 0 saturated heterocycles. The number of aryl methyl sites for hydroxylation is 2. The van der Waals surface area contributed by atoms with Gasteiger partial charge in [-0.15, -0.1) is 10.2 Å². The summed E-state index contributed by atoms with van der Waals surface area (Å²) in [5.74, 6) is 2.45. The zero-order valence-electron chi connectivity index (χ0n) is 19.3. The van der Waals surface area contributed by atoms with Gasteiger partial charge in [-0.2, -0.15) is 0 Å². The fourth-order valence-corrected chi connectivity index (χ4v) is 6.77. The van der Waals surface area contributed by atoms with Crippen molar-refractivity contribution >= 4 is 34.4 Å². The molecular formula is C26H22N6OS2. The summed E-state index contributed by atoms with van der Waals surface area (Å²) in [4.78, 5) is 22.8. The quantitative estimate of drug-likeness (QED) is 0.247. The Morgan fingerprint density at radius 2 is 1.89 bits per heavy atom. The van der Waals surface area contributed by atoms with Crippen LogP contribution in [-0.4, -0.2) is 40.8 Å². The maximum Gasteiger partial charge on any atom is 0.266 e. The lowest BCUT2D eigenvalue weighted by Crippen LogP contribution is -2.22. The van der Waals surface area contributed by atoms with E-state index in [1.54, 1.807) is 34.3 Å². The zero-order chi connectivity index (χ0) is 23.9. The van der Waals surface area contributed by atoms with Crippen LogP contribution in [0.15, 0.2) is 82.1 Å². The van der Waals surface area contributed by atoms with E-state index in [-0.39, 0.29) is 11.6 Å². The number of benzene rings is 2. The van der Waals surface area contributed by atoms with E-state index in [0.717, 1.165) is 44.9 Å². The fraction of sp³-hybridized carbons (Fsp3) is 0.192. The Morgan fingerprint density at radius 3 is 2.69 bits per heavy atom. The summed E-state index contributed by atoms with van der Waals surface area (Å²) in [6.45, 7) is 4.10. The van der Waals surface area contributed by atoms with Crippen molar-refractivity contribution in [2.24, 2.45) is 0 Å². The first kappa shape index (κ1) is 22.1. The van der Waals surface area contributed by atoms with Gasteiger partial charge in [-0.25, -0.2) is 4.98 Å². The molecule has 0 radical (unpaired) electrons. The maximum atomic E-state index is 13.6. The highest BCUT2D eigenvalue weighted by atomic mass is 32.2. The molecule has 0 saturated carbocycles. The van der Waals surface area contributed by atoms with E-state index in [1.165, 1.54) is 0 Å². The lowest BCUT2D eigenvalue weighted by atomic mass is 10.1. The van der Waals surface area contributed by atoms with Crippen LogP contribution in [0.3, 0.4) is 0 Å². The predicted octanol–water partition coefficient (Wildman–Crippen LogP) is 5.10. The van der Waals surface area contributed by atoms with E-state index < -0.39 is 0 Å². The van der Waals surface area contributed by atoms with Crippen LogP contribution in [0.2, 0.25) is 0 Å². The highest BCUT2D eigenvalue weighted by Crippen LogP contribution is 2.38. The number of para-hydroxylation sites is 1. The number of nitrogens with zero attached hydrogens (tertiary/aromatic N) is 6. The Balaban J connectivity index is 1.40. The Morgan fingerprint density at radius 1 is 1.06 bits per heavy atom. The number of fused-ring (bicyclic) bond motifs is 2.